The first kappa shape index (κ1) is 17.5. The second kappa shape index (κ2) is 13.4. The Morgan fingerprint density at radius 2 is 1.70 bits per heavy atom. The highest BCUT2D eigenvalue weighted by molar-refractivity contribution is 4.98. The van der Waals surface area contributed by atoms with Crippen LogP contribution in [0.2, 0.25) is 0 Å². The van der Waals surface area contributed by atoms with E-state index >= 15 is 0 Å². The zero-order valence-electron chi connectivity index (χ0n) is 12.7. The summed E-state index contributed by atoms with van der Waals surface area (Å²) in [4.78, 5) is 0. The lowest BCUT2D eigenvalue weighted by Crippen LogP contribution is -2.22. The molecular formula is C17H30O3. The van der Waals surface area contributed by atoms with Crippen LogP contribution in [0.5, 0.6) is 0 Å². The van der Waals surface area contributed by atoms with Crippen molar-refractivity contribution in [3.63, 3.8) is 0 Å². The lowest BCUT2D eigenvalue weighted by atomic mass is 10.1. The number of ether oxygens (including phenoxy) is 2. The fourth-order valence-electron chi connectivity index (χ4n) is 2.31. The van der Waals surface area contributed by atoms with Crippen molar-refractivity contribution in [2.24, 2.45) is 0 Å². The summed E-state index contributed by atoms with van der Waals surface area (Å²) < 4.78 is 11.2. The third-order valence-electron chi connectivity index (χ3n) is 3.50. The van der Waals surface area contributed by atoms with Crippen molar-refractivity contribution in [1.29, 1.82) is 0 Å². The van der Waals surface area contributed by atoms with Crippen LogP contribution in [0.3, 0.4) is 0 Å². The average molecular weight is 282 g/mol. The van der Waals surface area contributed by atoms with Crippen molar-refractivity contribution in [1.82, 2.24) is 0 Å². The summed E-state index contributed by atoms with van der Waals surface area (Å²) in [5, 5.41) is 8.57. The van der Waals surface area contributed by atoms with E-state index in [1.807, 2.05) is 0 Å². The highest BCUT2D eigenvalue weighted by atomic mass is 16.7. The largest absolute Gasteiger partial charge is 0.395 e. The van der Waals surface area contributed by atoms with E-state index < -0.39 is 0 Å². The van der Waals surface area contributed by atoms with Crippen LogP contribution in [-0.2, 0) is 9.47 Å². The first-order valence-electron chi connectivity index (χ1n) is 8.23. The molecule has 0 saturated carbocycles. The summed E-state index contributed by atoms with van der Waals surface area (Å²) in [7, 11) is 0. The van der Waals surface area contributed by atoms with E-state index in [0.717, 1.165) is 32.5 Å². The maximum atomic E-state index is 8.57. The van der Waals surface area contributed by atoms with E-state index in [1.54, 1.807) is 0 Å². The SMILES string of the molecule is OCCC#CCCCCCCCCOC1CCCCO1. The monoisotopic (exact) mass is 282 g/mol. The van der Waals surface area contributed by atoms with E-state index in [0.29, 0.717) is 6.42 Å². The summed E-state index contributed by atoms with van der Waals surface area (Å²) >= 11 is 0. The van der Waals surface area contributed by atoms with Gasteiger partial charge in [-0.2, -0.15) is 0 Å². The molecule has 1 N–H and O–H groups in total. The van der Waals surface area contributed by atoms with E-state index in [2.05, 4.69) is 11.8 Å². The van der Waals surface area contributed by atoms with Crippen molar-refractivity contribution in [3.05, 3.63) is 0 Å². The Balaban J connectivity index is 1.75. The molecule has 1 aliphatic heterocycles. The molecule has 1 unspecified atom stereocenters. The molecule has 1 atom stereocenters. The second-order valence-corrected chi connectivity index (χ2v) is 5.37. The molecule has 1 aliphatic rings. The Morgan fingerprint density at radius 1 is 0.950 bits per heavy atom. The number of rotatable bonds is 10. The zero-order chi connectivity index (χ0) is 14.3. The molecule has 0 amide bonds. The molecule has 0 aromatic rings. The Bertz CT molecular complexity index is 261. The maximum absolute atomic E-state index is 8.57. The van der Waals surface area contributed by atoms with Crippen molar-refractivity contribution < 1.29 is 14.6 Å². The van der Waals surface area contributed by atoms with E-state index in [4.69, 9.17) is 14.6 Å². The molecular weight excluding hydrogens is 252 g/mol. The number of aliphatic hydroxyl groups excluding tert-OH is 1. The Hall–Kier alpha value is -0.560. The van der Waals surface area contributed by atoms with Gasteiger partial charge in [0, 0.05) is 26.1 Å². The van der Waals surface area contributed by atoms with Crippen LogP contribution in [0.1, 0.15) is 70.6 Å². The standard InChI is InChI=1S/C17H30O3/c18-14-10-7-5-3-1-2-4-6-8-11-15-19-17-13-9-12-16-20-17/h17-18H,1-4,6,8-16H2. The summed E-state index contributed by atoms with van der Waals surface area (Å²) in [5.74, 6) is 6.05. The molecule has 3 heteroatoms. The third-order valence-corrected chi connectivity index (χ3v) is 3.50. The van der Waals surface area contributed by atoms with E-state index in [-0.39, 0.29) is 12.9 Å². The molecule has 0 radical (unpaired) electrons. The normalized spacial score (nSPS) is 18.6. The fraction of sp³-hybridized carbons (Fsp3) is 0.882. The molecule has 0 aromatic carbocycles. The van der Waals surface area contributed by atoms with Gasteiger partial charge in [0.25, 0.3) is 0 Å². The van der Waals surface area contributed by atoms with Gasteiger partial charge in [0.15, 0.2) is 6.29 Å². The second-order valence-electron chi connectivity index (χ2n) is 5.37. The van der Waals surface area contributed by atoms with Gasteiger partial charge in [-0.05, 0) is 32.1 Å². The molecule has 0 aromatic heterocycles. The van der Waals surface area contributed by atoms with Gasteiger partial charge < -0.3 is 14.6 Å². The smallest absolute Gasteiger partial charge is 0.157 e. The number of hydrogen-bond donors (Lipinski definition) is 1. The Kier molecular flexibility index (Phi) is 11.7. The van der Waals surface area contributed by atoms with Gasteiger partial charge in [-0.1, -0.05) is 25.7 Å². The van der Waals surface area contributed by atoms with Crippen molar-refractivity contribution in [2.45, 2.75) is 76.9 Å². The Morgan fingerprint density at radius 3 is 2.45 bits per heavy atom. The molecule has 20 heavy (non-hydrogen) atoms. The highest BCUT2D eigenvalue weighted by Crippen LogP contribution is 2.14. The van der Waals surface area contributed by atoms with Crippen LogP contribution in [0.4, 0.5) is 0 Å². The van der Waals surface area contributed by atoms with Gasteiger partial charge in [-0.15, -0.1) is 11.8 Å². The van der Waals surface area contributed by atoms with E-state index in [1.165, 1.54) is 44.9 Å². The minimum absolute atomic E-state index is 0.0706. The number of unbranched alkanes of at least 4 members (excludes halogenated alkanes) is 6. The van der Waals surface area contributed by atoms with Gasteiger partial charge in [0.1, 0.15) is 0 Å². The molecule has 1 rings (SSSR count). The van der Waals surface area contributed by atoms with Crippen LogP contribution in [0.25, 0.3) is 0 Å². The predicted octanol–water partition coefficient (Wildman–Crippen LogP) is 3.65. The maximum Gasteiger partial charge on any atom is 0.157 e. The molecule has 3 nitrogen and oxygen atoms in total. The third kappa shape index (κ3) is 10.3. The van der Waals surface area contributed by atoms with Crippen LogP contribution in [0, 0.1) is 11.8 Å². The predicted molar refractivity (Wildman–Crippen MR) is 81.3 cm³/mol. The summed E-state index contributed by atoms with van der Waals surface area (Å²) in [6, 6.07) is 0. The van der Waals surface area contributed by atoms with Crippen LogP contribution in [0.15, 0.2) is 0 Å². The Labute approximate surface area is 124 Å². The lowest BCUT2D eigenvalue weighted by molar-refractivity contribution is -0.162. The first-order chi connectivity index (χ1) is 9.93. The molecule has 1 fully saturated rings. The lowest BCUT2D eigenvalue weighted by Gasteiger charge is -2.22. The summed E-state index contributed by atoms with van der Waals surface area (Å²) in [5.41, 5.74) is 0. The summed E-state index contributed by atoms with van der Waals surface area (Å²) in [6.45, 7) is 1.89. The van der Waals surface area contributed by atoms with Gasteiger partial charge in [-0.25, -0.2) is 0 Å². The molecule has 0 spiro atoms. The molecule has 1 heterocycles. The van der Waals surface area contributed by atoms with E-state index in [9.17, 15) is 0 Å². The van der Waals surface area contributed by atoms with Gasteiger partial charge in [0.05, 0.1) is 6.61 Å². The van der Waals surface area contributed by atoms with Crippen LogP contribution in [-0.4, -0.2) is 31.2 Å². The van der Waals surface area contributed by atoms with Crippen molar-refractivity contribution >= 4 is 0 Å². The molecule has 116 valence electrons. The zero-order valence-corrected chi connectivity index (χ0v) is 12.7. The highest BCUT2D eigenvalue weighted by Gasteiger charge is 2.13. The van der Waals surface area contributed by atoms with Gasteiger partial charge >= 0.3 is 0 Å². The first-order valence-corrected chi connectivity index (χ1v) is 8.23. The summed E-state index contributed by atoms with van der Waals surface area (Å²) in [6.07, 6.45) is 12.6. The average Bonchev–Trinajstić information content (AvgIpc) is 2.49. The molecule has 1 saturated heterocycles. The number of hydrogen-bond acceptors (Lipinski definition) is 3. The molecule has 0 aliphatic carbocycles. The molecule has 0 bridgehead atoms. The quantitative estimate of drug-likeness (QED) is 0.491. The van der Waals surface area contributed by atoms with Gasteiger partial charge in [0.2, 0.25) is 0 Å². The van der Waals surface area contributed by atoms with Crippen molar-refractivity contribution in [3.8, 4) is 11.8 Å². The minimum Gasteiger partial charge on any atom is -0.395 e. The van der Waals surface area contributed by atoms with Crippen LogP contribution < -0.4 is 0 Å². The topological polar surface area (TPSA) is 38.7 Å². The van der Waals surface area contributed by atoms with Crippen LogP contribution >= 0.6 is 0 Å². The minimum atomic E-state index is 0.0706. The van der Waals surface area contributed by atoms with Crippen molar-refractivity contribution in [2.75, 3.05) is 19.8 Å². The number of aliphatic hydroxyl groups is 1. The fourth-order valence-corrected chi connectivity index (χ4v) is 2.31. The van der Waals surface area contributed by atoms with Gasteiger partial charge in [-0.3, -0.25) is 0 Å².